The summed E-state index contributed by atoms with van der Waals surface area (Å²) in [4.78, 5) is 19.4. The van der Waals surface area contributed by atoms with Crippen LogP contribution in [0.15, 0.2) is 48.5 Å². The van der Waals surface area contributed by atoms with Gasteiger partial charge in [-0.15, -0.1) is 0 Å². The van der Waals surface area contributed by atoms with Gasteiger partial charge < -0.3 is 10.2 Å². The zero-order valence-electron chi connectivity index (χ0n) is 16.5. The fourth-order valence-corrected chi connectivity index (χ4v) is 3.26. The molecule has 1 aromatic heterocycles. The number of carbonyl (C=O) groups is 1. The molecule has 0 spiro atoms. The number of aryl methyl sites for hydroxylation is 2. The molecule has 4 heteroatoms. The lowest BCUT2D eigenvalue weighted by atomic mass is 10.1. The number of hydrogen-bond donors (Lipinski definition) is 1. The van der Waals surface area contributed by atoms with Crippen molar-refractivity contribution >= 4 is 28.3 Å². The number of nitrogens with one attached hydrogen (secondary N) is 1. The van der Waals surface area contributed by atoms with Crippen LogP contribution >= 0.6 is 0 Å². The Morgan fingerprint density at radius 2 is 1.70 bits per heavy atom. The van der Waals surface area contributed by atoms with Crippen molar-refractivity contribution in [3.8, 4) is 0 Å². The second-order valence-corrected chi connectivity index (χ2v) is 6.91. The molecule has 1 N–H and O–H groups in total. The molecule has 0 fully saturated rings. The summed E-state index contributed by atoms with van der Waals surface area (Å²) in [5, 5.41) is 4.08. The van der Waals surface area contributed by atoms with Crippen LogP contribution in [-0.2, 0) is 11.2 Å². The van der Waals surface area contributed by atoms with Crippen LogP contribution in [0.4, 0.5) is 11.5 Å². The van der Waals surface area contributed by atoms with E-state index in [1.54, 1.807) is 0 Å². The summed E-state index contributed by atoms with van der Waals surface area (Å²) in [6.45, 7) is 10.3. The highest BCUT2D eigenvalue weighted by Crippen LogP contribution is 2.25. The summed E-state index contributed by atoms with van der Waals surface area (Å²) in [5.41, 5.74) is 5.13. The monoisotopic (exact) mass is 361 g/mol. The Kier molecular flexibility index (Phi) is 5.75. The number of anilines is 2. The van der Waals surface area contributed by atoms with Crippen LogP contribution in [0.5, 0.6) is 0 Å². The van der Waals surface area contributed by atoms with Gasteiger partial charge in [0.05, 0.1) is 11.9 Å². The smallest absolute Gasteiger partial charge is 0.228 e. The number of carbonyl (C=O) groups excluding carboxylic acids is 1. The lowest BCUT2D eigenvalue weighted by Gasteiger charge is -2.21. The Bertz CT molecular complexity index is 944. The first kappa shape index (κ1) is 18.9. The summed E-state index contributed by atoms with van der Waals surface area (Å²) in [5.74, 6) is 0.990. The quantitative estimate of drug-likeness (QED) is 0.681. The molecule has 140 valence electrons. The van der Waals surface area contributed by atoms with E-state index in [-0.39, 0.29) is 5.91 Å². The molecular formula is C23H27N3O. The zero-order valence-corrected chi connectivity index (χ0v) is 16.5. The van der Waals surface area contributed by atoms with Crippen molar-refractivity contribution in [3.05, 3.63) is 65.2 Å². The Morgan fingerprint density at radius 1 is 1.00 bits per heavy atom. The number of nitrogens with zero attached hydrogens (tertiary/aromatic N) is 2. The van der Waals surface area contributed by atoms with Crippen LogP contribution in [-0.4, -0.2) is 24.0 Å². The molecule has 0 aliphatic heterocycles. The molecule has 2 aromatic carbocycles. The van der Waals surface area contributed by atoms with E-state index in [9.17, 15) is 4.79 Å². The Hall–Kier alpha value is -2.88. The topological polar surface area (TPSA) is 45.2 Å². The van der Waals surface area contributed by atoms with Gasteiger partial charge in [-0.25, -0.2) is 4.98 Å². The van der Waals surface area contributed by atoms with Gasteiger partial charge in [0, 0.05) is 24.2 Å². The highest BCUT2D eigenvalue weighted by molar-refractivity contribution is 5.95. The molecule has 0 saturated heterocycles. The second kappa shape index (κ2) is 8.21. The Balaban J connectivity index is 1.79. The molecule has 1 heterocycles. The summed E-state index contributed by atoms with van der Waals surface area (Å²) < 4.78 is 0. The van der Waals surface area contributed by atoms with E-state index >= 15 is 0 Å². The third-order valence-corrected chi connectivity index (χ3v) is 4.86. The second-order valence-electron chi connectivity index (χ2n) is 6.91. The van der Waals surface area contributed by atoms with E-state index in [2.05, 4.69) is 37.1 Å². The first-order valence-corrected chi connectivity index (χ1v) is 9.52. The van der Waals surface area contributed by atoms with Gasteiger partial charge in [0.2, 0.25) is 5.91 Å². The number of aromatic nitrogens is 1. The van der Waals surface area contributed by atoms with Crippen molar-refractivity contribution in [2.24, 2.45) is 0 Å². The first-order chi connectivity index (χ1) is 13.0. The molecule has 0 bridgehead atoms. The van der Waals surface area contributed by atoms with E-state index in [0.29, 0.717) is 6.42 Å². The number of benzene rings is 2. The van der Waals surface area contributed by atoms with E-state index in [1.165, 1.54) is 5.56 Å². The summed E-state index contributed by atoms with van der Waals surface area (Å²) in [6, 6.07) is 16.1. The van der Waals surface area contributed by atoms with Crippen LogP contribution in [0, 0.1) is 13.8 Å². The Morgan fingerprint density at radius 3 is 2.37 bits per heavy atom. The number of rotatable bonds is 6. The SMILES string of the molecule is CCN(CC)c1cc(C)c2cc(NC(=O)Cc3ccc(C)cc3)ccc2n1. The van der Waals surface area contributed by atoms with Crippen LogP contribution in [0.1, 0.15) is 30.5 Å². The zero-order chi connectivity index (χ0) is 19.4. The molecule has 0 unspecified atom stereocenters. The van der Waals surface area contributed by atoms with E-state index in [0.717, 1.165) is 46.6 Å². The minimum Gasteiger partial charge on any atom is -0.357 e. The van der Waals surface area contributed by atoms with Crippen LogP contribution in [0.2, 0.25) is 0 Å². The van der Waals surface area contributed by atoms with Crippen molar-refractivity contribution in [2.75, 3.05) is 23.3 Å². The fourth-order valence-electron chi connectivity index (χ4n) is 3.26. The van der Waals surface area contributed by atoms with E-state index in [4.69, 9.17) is 4.98 Å². The molecule has 0 aliphatic carbocycles. The third-order valence-electron chi connectivity index (χ3n) is 4.86. The van der Waals surface area contributed by atoms with Gasteiger partial charge in [0.15, 0.2) is 0 Å². The van der Waals surface area contributed by atoms with Gasteiger partial charge in [-0.3, -0.25) is 4.79 Å². The van der Waals surface area contributed by atoms with Gasteiger partial charge in [-0.2, -0.15) is 0 Å². The average Bonchev–Trinajstić information content (AvgIpc) is 2.65. The molecule has 4 nitrogen and oxygen atoms in total. The number of fused-ring (bicyclic) bond motifs is 1. The average molecular weight is 361 g/mol. The Labute approximate surface area is 161 Å². The lowest BCUT2D eigenvalue weighted by molar-refractivity contribution is -0.115. The summed E-state index contributed by atoms with van der Waals surface area (Å²) in [6.07, 6.45) is 0.371. The largest absolute Gasteiger partial charge is 0.357 e. The van der Waals surface area contributed by atoms with Crippen LogP contribution in [0.25, 0.3) is 10.9 Å². The lowest BCUT2D eigenvalue weighted by Crippen LogP contribution is -2.23. The third kappa shape index (κ3) is 4.45. The predicted octanol–water partition coefficient (Wildman–Crippen LogP) is 4.88. The van der Waals surface area contributed by atoms with Gasteiger partial charge in [0.1, 0.15) is 5.82 Å². The summed E-state index contributed by atoms with van der Waals surface area (Å²) in [7, 11) is 0. The molecular weight excluding hydrogens is 334 g/mol. The number of amides is 1. The standard InChI is InChI=1S/C23H27N3O/c1-5-26(6-2)22-13-17(4)20-15-19(11-12-21(20)25-22)24-23(27)14-18-9-7-16(3)8-10-18/h7-13,15H,5-6,14H2,1-4H3,(H,24,27). The van der Waals surface area contributed by atoms with E-state index < -0.39 is 0 Å². The van der Waals surface area contributed by atoms with Crippen molar-refractivity contribution in [1.29, 1.82) is 0 Å². The fraction of sp³-hybridized carbons (Fsp3) is 0.304. The normalized spacial score (nSPS) is 10.8. The first-order valence-electron chi connectivity index (χ1n) is 9.52. The van der Waals surface area contributed by atoms with Gasteiger partial charge in [0.25, 0.3) is 0 Å². The maximum absolute atomic E-state index is 12.4. The highest BCUT2D eigenvalue weighted by Gasteiger charge is 2.10. The maximum Gasteiger partial charge on any atom is 0.228 e. The number of hydrogen-bond acceptors (Lipinski definition) is 3. The number of pyridine rings is 1. The molecule has 0 saturated carbocycles. The highest BCUT2D eigenvalue weighted by atomic mass is 16.1. The minimum atomic E-state index is -0.0106. The van der Waals surface area contributed by atoms with Crippen molar-refractivity contribution in [3.63, 3.8) is 0 Å². The van der Waals surface area contributed by atoms with Crippen molar-refractivity contribution in [1.82, 2.24) is 4.98 Å². The van der Waals surface area contributed by atoms with Crippen LogP contribution in [0.3, 0.4) is 0 Å². The van der Waals surface area contributed by atoms with Gasteiger partial charge in [-0.05, 0) is 63.1 Å². The molecule has 0 atom stereocenters. The van der Waals surface area contributed by atoms with Gasteiger partial charge >= 0.3 is 0 Å². The minimum absolute atomic E-state index is 0.0106. The van der Waals surface area contributed by atoms with Crippen LogP contribution < -0.4 is 10.2 Å². The predicted molar refractivity (Wildman–Crippen MR) is 114 cm³/mol. The molecule has 27 heavy (non-hydrogen) atoms. The molecule has 3 aromatic rings. The summed E-state index contributed by atoms with van der Waals surface area (Å²) >= 11 is 0. The van der Waals surface area contributed by atoms with E-state index in [1.807, 2.05) is 49.4 Å². The molecule has 1 amide bonds. The van der Waals surface area contributed by atoms with Gasteiger partial charge in [-0.1, -0.05) is 29.8 Å². The van der Waals surface area contributed by atoms with Crippen molar-refractivity contribution < 1.29 is 4.79 Å². The molecule has 0 aliphatic rings. The molecule has 3 rings (SSSR count). The maximum atomic E-state index is 12.4. The molecule has 0 radical (unpaired) electrons. The van der Waals surface area contributed by atoms with Crippen molar-refractivity contribution in [2.45, 2.75) is 34.1 Å².